The molecule has 2 N–H and O–H groups in total. The van der Waals surface area contributed by atoms with E-state index in [1.54, 1.807) is 31.4 Å². The first-order valence-corrected chi connectivity index (χ1v) is 8.95. The summed E-state index contributed by atoms with van der Waals surface area (Å²) in [6, 6.07) is 14.4. The van der Waals surface area contributed by atoms with Crippen molar-refractivity contribution < 1.29 is 19.1 Å². The standard InChI is InChI=1S/C21H26N2O4/c1-4-19(27-16-11-9-15(2)10-12-16)21(25)23-18-8-6-5-7-17(18)20(24)22-13-14-26-3/h5-12,19H,4,13-14H2,1-3H3,(H,22,24)(H,23,25)/t19-/m0/s1. The maximum atomic E-state index is 12.7. The number of nitrogens with one attached hydrogen (secondary N) is 2. The topological polar surface area (TPSA) is 76.7 Å². The molecule has 0 aliphatic carbocycles. The van der Waals surface area contributed by atoms with Crippen molar-refractivity contribution in [3.05, 3.63) is 59.7 Å². The number of rotatable bonds is 9. The molecule has 6 nitrogen and oxygen atoms in total. The zero-order valence-electron chi connectivity index (χ0n) is 16.0. The van der Waals surface area contributed by atoms with E-state index in [0.29, 0.717) is 36.6 Å². The molecular formula is C21H26N2O4. The van der Waals surface area contributed by atoms with Gasteiger partial charge in [0.25, 0.3) is 11.8 Å². The first kappa shape index (κ1) is 20.5. The fourth-order valence-electron chi connectivity index (χ4n) is 2.47. The molecule has 0 aliphatic heterocycles. The number of carbonyl (C=O) groups excluding carboxylic acids is 2. The van der Waals surface area contributed by atoms with E-state index in [-0.39, 0.29) is 11.8 Å². The summed E-state index contributed by atoms with van der Waals surface area (Å²) >= 11 is 0. The highest BCUT2D eigenvalue weighted by atomic mass is 16.5. The highest BCUT2D eigenvalue weighted by molar-refractivity contribution is 6.04. The second kappa shape index (κ2) is 10.3. The average Bonchev–Trinajstić information content (AvgIpc) is 2.68. The number of amides is 2. The third-order valence-electron chi connectivity index (χ3n) is 3.98. The highest BCUT2D eigenvalue weighted by Crippen LogP contribution is 2.18. The Balaban J connectivity index is 2.07. The molecule has 144 valence electrons. The Morgan fingerprint density at radius 3 is 2.44 bits per heavy atom. The molecule has 0 aliphatic rings. The van der Waals surface area contributed by atoms with Crippen LogP contribution in [0.1, 0.15) is 29.3 Å². The molecule has 2 aromatic carbocycles. The maximum absolute atomic E-state index is 12.7. The van der Waals surface area contributed by atoms with Crippen LogP contribution in [0.15, 0.2) is 48.5 Å². The van der Waals surface area contributed by atoms with Gasteiger partial charge >= 0.3 is 0 Å². The Morgan fingerprint density at radius 2 is 1.78 bits per heavy atom. The van der Waals surface area contributed by atoms with E-state index in [1.807, 2.05) is 38.1 Å². The monoisotopic (exact) mass is 370 g/mol. The molecule has 0 spiro atoms. The van der Waals surface area contributed by atoms with Crippen molar-refractivity contribution in [2.24, 2.45) is 0 Å². The molecule has 0 fully saturated rings. The highest BCUT2D eigenvalue weighted by Gasteiger charge is 2.21. The third-order valence-corrected chi connectivity index (χ3v) is 3.98. The van der Waals surface area contributed by atoms with Crippen molar-refractivity contribution in [2.45, 2.75) is 26.4 Å². The largest absolute Gasteiger partial charge is 0.481 e. The molecule has 6 heteroatoms. The molecular weight excluding hydrogens is 344 g/mol. The summed E-state index contributed by atoms with van der Waals surface area (Å²) in [5.41, 5.74) is 1.96. The summed E-state index contributed by atoms with van der Waals surface area (Å²) in [4.78, 5) is 25.0. The number of benzene rings is 2. The lowest BCUT2D eigenvalue weighted by atomic mass is 10.1. The summed E-state index contributed by atoms with van der Waals surface area (Å²) in [5, 5.41) is 5.56. The van der Waals surface area contributed by atoms with Crippen molar-refractivity contribution in [1.29, 1.82) is 0 Å². The number of anilines is 1. The van der Waals surface area contributed by atoms with Crippen LogP contribution < -0.4 is 15.4 Å². The second-order valence-corrected chi connectivity index (χ2v) is 6.11. The first-order chi connectivity index (χ1) is 13.0. The molecule has 2 aromatic rings. The number of para-hydroxylation sites is 1. The van der Waals surface area contributed by atoms with Gasteiger partial charge in [-0.1, -0.05) is 36.8 Å². The van der Waals surface area contributed by atoms with Gasteiger partial charge in [-0.2, -0.15) is 0 Å². The van der Waals surface area contributed by atoms with E-state index in [2.05, 4.69) is 10.6 Å². The van der Waals surface area contributed by atoms with Crippen molar-refractivity contribution >= 4 is 17.5 Å². The smallest absolute Gasteiger partial charge is 0.265 e. The van der Waals surface area contributed by atoms with Gasteiger partial charge in [0, 0.05) is 13.7 Å². The number of aryl methyl sites for hydroxylation is 1. The van der Waals surface area contributed by atoms with Gasteiger partial charge in [-0.05, 0) is 37.6 Å². The van der Waals surface area contributed by atoms with Crippen LogP contribution in [-0.4, -0.2) is 38.2 Å². The second-order valence-electron chi connectivity index (χ2n) is 6.11. The summed E-state index contributed by atoms with van der Waals surface area (Å²) in [5.74, 6) is 0.0684. The number of carbonyl (C=O) groups is 2. The molecule has 0 radical (unpaired) electrons. The van der Waals surface area contributed by atoms with Gasteiger partial charge in [0.2, 0.25) is 0 Å². The minimum atomic E-state index is -0.655. The lowest BCUT2D eigenvalue weighted by Crippen LogP contribution is -2.34. The molecule has 27 heavy (non-hydrogen) atoms. The van der Waals surface area contributed by atoms with Gasteiger partial charge in [-0.15, -0.1) is 0 Å². The summed E-state index contributed by atoms with van der Waals surface area (Å²) in [6.45, 7) is 4.68. The number of ether oxygens (including phenoxy) is 2. The van der Waals surface area contributed by atoms with Crippen LogP contribution in [0, 0.1) is 6.92 Å². The summed E-state index contributed by atoms with van der Waals surface area (Å²) < 4.78 is 10.7. The van der Waals surface area contributed by atoms with Crippen molar-refractivity contribution in [1.82, 2.24) is 5.32 Å². The molecule has 2 amide bonds. The van der Waals surface area contributed by atoms with Crippen LogP contribution in [0.5, 0.6) is 5.75 Å². The molecule has 0 bridgehead atoms. The summed E-state index contributed by atoms with van der Waals surface area (Å²) in [7, 11) is 1.57. The lowest BCUT2D eigenvalue weighted by molar-refractivity contribution is -0.122. The van der Waals surface area contributed by atoms with E-state index < -0.39 is 6.10 Å². The number of hydrogen-bond donors (Lipinski definition) is 2. The van der Waals surface area contributed by atoms with Crippen LogP contribution in [0.25, 0.3) is 0 Å². The Hall–Kier alpha value is -2.86. The summed E-state index contributed by atoms with van der Waals surface area (Å²) in [6.07, 6.45) is -0.153. The van der Waals surface area contributed by atoms with Gasteiger partial charge in [-0.25, -0.2) is 0 Å². The van der Waals surface area contributed by atoms with E-state index in [9.17, 15) is 9.59 Å². The third kappa shape index (κ3) is 6.11. The normalized spacial score (nSPS) is 11.5. The fourth-order valence-corrected chi connectivity index (χ4v) is 2.47. The first-order valence-electron chi connectivity index (χ1n) is 8.95. The number of methoxy groups -OCH3 is 1. The SMILES string of the molecule is CC[C@H](Oc1ccc(C)cc1)C(=O)Nc1ccccc1C(=O)NCCOC. The predicted octanol–water partition coefficient (Wildman–Crippen LogP) is 3.17. The van der Waals surface area contributed by atoms with E-state index in [0.717, 1.165) is 5.56 Å². The van der Waals surface area contributed by atoms with Crippen LogP contribution in [0.2, 0.25) is 0 Å². The van der Waals surface area contributed by atoms with Crippen LogP contribution in [-0.2, 0) is 9.53 Å². The quantitative estimate of drug-likeness (QED) is 0.665. The Kier molecular flexibility index (Phi) is 7.82. The minimum Gasteiger partial charge on any atom is -0.481 e. The van der Waals surface area contributed by atoms with Gasteiger partial charge in [0.05, 0.1) is 17.9 Å². The van der Waals surface area contributed by atoms with Crippen molar-refractivity contribution in [2.75, 3.05) is 25.6 Å². The predicted molar refractivity (Wildman–Crippen MR) is 105 cm³/mol. The average molecular weight is 370 g/mol. The van der Waals surface area contributed by atoms with E-state index >= 15 is 0 Å². The lowest BCUT2D eigenvalue weighted by Gasteiger charge is -2.18. The Labute approximate surface area is 159 Å². The maximum Gasteiger partial charge on any atom is 0.265 e. The molecule has 0 saturated heterocycles. The molecule has 0 heterocycles. The van der Waals surface area contributed by atoms with Crippen LogP contribution >= 0.6 is 0 Å². The van der Waals surface area contributed by atoms with Gasteiger partial charge in [0.1, 0.15) is 5.75 Å². The van der Waals surface area contributed by atoms with Crippen molar-refractivity contribution in [3.63, 3.8) is 0 Å². The molecule has 2 rings (SSSR count). The zero-order valence-corrected chi connectivity index (χ0v) is 16.0. The molecule has 0 unspecified atom stereocenters. The fraction of sp³-hybridized carbons (Fsp3) is 0.333. The molecule has 0 saturated carbocycles. The van der Waals surface area contributed by atoms with Gasteiger partial charge in [0.15, 0.2) is 6.10 Å². The van der Waals surface area contributed by atoms with E-state index in [4.69, 9.17) is 9.47 Å². The van der Waals surface area contributed by atoms with Gasteiger partial charge < -0.3 is 20.1 Å². The van der Waals surface area contributed by atoms with Gasteiger partial charge in [-0.3, -0.25) is 9.59 Å². The molecule has 1 atom stereocenters. The minimum absolute atomic E-state index is 0.268. The Morgan fingerprint density at radius 1 is 1.07 bits per heavy atom. The number of hydrogen-bond acceptors (Lipinski definition) is 4. The van der Waals surface area contributed by atoms with Crippen LogP contribution in [0.3, 0.4) is 0 Å². The Bertz CT molecular complexity index is 759. The van der Waals surface area contributed by atoms with Crippen molar-refractivity contribution in [3.8, 4) is 5.75 Å². The van der Waals surface area contributed by atoms with E-state index in [1.165, 1.54) is 0 Å². The zero-order chi connectivity index (χ0) is 19.6. The van der Waals surface area contributed by atoms with Crippen LogP contribution in [0.4, 0.5) is 5.69 Å². The molecule has 0 aromatic heterocycles.